The highest BCUT2D eigenvalue weighted by Gasteiger charge is 2.34. The maximum Gasteiger partial charge on any atom is 0.338 e. The number of carbonyl (C=O) groups is 2. The Kier molecular flexibility index (Phi) is 7.97. The zero-order valence-corrected chi connectivity index (χ0v) is 19.3. The molecule has 0 saturated carbocycles. The maximum atomic E-state index is 12.9. The minimum absolute atomic E-state index is 0.0658. The molecule has 7 nitrogen and oxygen atoms in total. The standard InChI is InChI=1S/C22H31N3O4S/c1-7-25-14(2)17(19(26)29-13-12-28-6)18(24-21(25)30)15-8-10-16(11-9-15)23-20(27)22(3,4)5/h8-11,18H,7,12-13H2,1-6H3,(H,23,27)(H,24,30). The zero-order chi connectivity index (χ0) is 22.5. The van der Waals surface area contributed by atoms with E-state index in [4.69, 9.17) is 21.7 Å². The second-order valence-corrected chi connectivity index (χ2v) is 8.47. The van der Waals surface area contributed by atoms with Crippen molar-refractivity contribution >= 4 is 34.9 Å². The van der Waals surface area contributed by atoms with E-state index < -0.39 is 17.4 Å². The molecule has 0 saturated heterocycles. The molecule has 0 fully saturated rings. The van der Waals surface area contributed by atoms with Crippen LogP contribution < -0.4 is 10.6 Å². The van der Waals surface area contributed by atoms with Gasteiger partial charge in [-0.3, -0.25) is 4.79 Å². The first-order valence-corrected chi connectivity index (χ1v) is 10.4. The average molecular weight is 434 g/mol. The smallest absolute Gasteiger partial charge is 0.338 e. The van der Waals surface area contributed by atoms with Crippen LogP contribution in [0.1, 0.15) is 46.2 Å². The van der Waals surface area contributed by atoms with Crippen LogP contribution >= 0.6 is 12.2 Å². The summed E-state index contributed by atoms with van der Waals surface area (Å²) in [6, 6.07) is 6.94. The van der Waals surface area contributed by atoms with Crippen LogP contribution in [0.5, 0.6) is 0 Å². The van der Waals surface area contributed by atoms with Crippen molar-refractivity contribution in [1.82, 2.24) is 10.2 Å². The van der Waals surface area contributed by atoms with Gasteiger partial charge in [-0.15, -0.1) is 0 Å². The molecule has 1 aromatic rings. The second kappa shape index (κ2) is 10.0. The van der Waals surface area contributed by atoms with Crippen LogP contribution in [0, 0.1) is 5.41 Å². The number of amides is 1. The molecule has 1 unspecified atom stereocenters. The first kappa shape index (κ1) is 23.8. The minimum Gasteiger partial charge on any atom is -0.460 e. The van der Waals surface area contributed by atoms with E-state index >= 15 is 0 Å². The molecule has 0 radical (unpaired) electrons. The molecule has 1 atom stereocenters. The number of esters is 1. The summed E-state index contributed by atoms with van der Waals surface area (Å²) >= 11 is 5.50. The van der Waals surface area contributed by atoms with Crippen LogP contribution in [0.2, 0.25) is 0 Å². The highest BCUT2D eigenvalue weighted by atomic mass is 32.1. The number of rotatable bonds is 7. The Hall–Kier alpha value is -2.45. The molecule has 2 rings (SSSR count). The van der Waals surface area contributed by atoms with Gasteiger partial charge in [0.05, 0.1) is 18.2 Å². The fourth-order valence-corrected chi connectivity index (χ4v) is 3.43. The predicted molar refractivity (Wildman–Crippen MR) is 121 cm³/mol. The quantitative estimate of drug-likeness (QED) is 0.388. The summed E-state index contributed by atoms with van der Waals surface area (Å²) in [6.07, 6.45) is 0. The van der Waals surface area contributed by atoms with Gasteiger partial charge in [-0.05, 0) is 43.8 Å². The second-order valence-electron chi connectivity index (χ2n) is 8.08. The van der Waals surface area contributed by atoms with Crippen LogP contribution in [-0.4, -0.2) is 48.8 Å². The van der Waals surface area contributed by atoms with Gasteiger partial charge in [0.1, 0.15) is 6.61 Å². The molecule has 164 valence electrons. The van der Waals surface area contributed by atoms with Crippen LogP contribution in [0.15, 0.2) is 35.5 Å². The fraction of sp³-hybridized carbons (Fsp3) is 0.500. The van der Waals surface area contributed by atoms with Gasteiger partial charge in [0.25, 0.3) is 0 Å². The fourth-order valence-electron chi connectivity index (χ4n) is 3.05. The lowest BCUT2D eigenvalue weighted by Crippen LogP contribution is -2.47. The topological polar surface area (TPSA) is 79.9 Å². The van der Waals surface area contributed by atoms with Gasteiger partial charge < -0.3 is 25.0 Å². The molecule has 2 N–H and O–H groups in total. The third-order valence-corrected chi connectivity index (χ3v) is 5.17. The van der Waals surface area contributed by atoms with Crippen molar-refractivity contribution in [2.45, 2.75) is 40.7 Å². The Balaban J connectivity index is 2.32. The van der Waals surface area contributed by atoms with E-state index in [1.165, 1.54) is 0 Å². The van der Waals surface area contributed by atoms with Crippen LogP contribution in [0.25, 0.3) is 0 Å². The first-order valence-electron chi connectivity index (χ1n) is 9.96. The van der Waals surface area contributed by atoms with Crippen LogP contribution in [-0.2, 0) is 19.1 Å². The van der Waals surface area contributed by atoms with E-state index in [0.29, 0.717) is 29.5 Å². The van der Waals surface area contributed by atoms with Crippen LogP contribution in [0.4, 0.5) is 5.69 Å². The molecule has 1 aliphatic rings. The largest absolute Gasteiger partial charge is 0.460 e. The molecule has 1 amide bonds. The lowest BCUT2D eigenvalue weighted by molar-refractivity contribution is -0.140. The van der Waals surface area contributed by atoms with Crippen LogP contribution in [0.3, 0.4) is 0 Å². The Morgan fingerprint density at radius 2 is 1.83 bits per heavy atom. The van der Waals surface area contributed by atoms with Gasteiger partial charge in [-0.25, -0.2) is 4.79 Å². The molecule has 1 heterocycles. The van der Waals surface area contributed by atoms with E-state index in [1.54, 1.807) is 7.11 Å². The lowest BCUT2D eigenvalue weighted by Gasteiger charge is -2.37. The summed E-state index contributed by atoms with van der Waals surface area (Å²) in [7, 11) is 1.56. The summed E-state index contributed by atoms with van der Waals surface area (Å²) in [4.78, 5) is 26.9. The first-order chi connectivity index (χ1) is 14.1. The maximum absolute atomic E-state index is 12.9. The predicted octanol–water partition coefficient (Wildman–Crippen LogP) is 3.39. The van der Waals surface area contributed by atoms with Crippen molar-refractivity contribution in [2.24, 2.45) is 5.41 Å². The van der Waals surface area contributed by atoms with E-state index in [2.05, 4.69) is 10.6 Å². The SMILES string of the molecule is CCN1C(=S)NC(c2ccc(NC(=O)C(C)(C)C)cc2)C(C(=O)OCCOC)=C1C. The Morgan fingerprint density at radius 3 is 2.37 bits per heavy atom. The molecule has 30 heavy (non-hydrogen) atoms. The van der Waals surface area contributed by atoms with Gasteiger partial charge >= 0.3 is 5.97 Å². The molecular formula is C22H31N3O4S. The number of nitrogens with one attached hydrogen (secondary N) is 2. The highest BCUT2D eigenvalue weighted by molar-refractivity contribution is 7.80. The third-order valence-electron chi connectivity index (χ3n) is 4.84. The number of carbonyl (C=O) groups excluding carboxylic acids is 2. The summed E-state index contributed by atoms with van der Waals surface area (Å²) in [6.45, 7) is 10.6. The Bertz CT molecular complexity index is 828. The number of benzene rings is 1. The number of hydrogen-bond donors (Lipinski definition) is 2. The van der Waals surface area contributed by atoms with Gasteiger partial charge in [0.15, 0.2) is 5.11 Å². The van der Waals surface area contributed by atoms with Crippen molar-refractivity contribution < 1.29 is 19.1 Å². The van der Waals surface area contributed by atoms with E-state index in [0.717, 1.165) is 11.3 Å². The molecule has 1 aliphatic heterocycles. The Morgan fingerprint density at radius 1 is 1.20 bits per heavy atom. The van der Waals surface area contributed by atoms with Crippen molar-refractivity contribution in [3.8, 4) is 0 Å². The average Bonchev–Trinajstić information content (AvgIpc) is 2.67. The van der Waals surface area contributed by atoms with E-state index in [-0.39, 0.29) is 12.5 Å². The van der Waals surface area contributed by atoms with Gasteiger partial charge in [-0.2, -0.15) is 0 Å². The number of anilines is 1. The van der Waals surface area contributed by atoms with Gasteiger partial charge in [-0.1, -0.05) is 32.9 Å². The number of thiocarbonyl (C=S) groups is 1. The summed E-state index contributed by atoms with van der Waals surface area (Å²) < 4.78 is 10.4. The van der Waals surface area contributed by atoms with Gasteiger partial charge in [0, 0.05) is 30.5 Å². The summed E-state index contributed by atoms with van der Waals surface area (Å²) in [5.41, 5.74) is 2.32. The molecule has 0 aliphatic carbocycles. The summed E-state index contributed by atoms with van der Waals surface area (Å²) in [5.74, 6) is -0.475. The molecule has 0 aromatic heterocycles. The molecule has 0 spiro atoms. The summed E-state index contributed by atoms with van der Waals surface area (Å²) in [5, 5.41) is 6.71. The van der Waals surface area contributed by atoms with Crippen molar-refractivity contribution in [2.75, 3.05) is 32.2 Å². The van der Waals surface area contributed by atoms with E-state index in [9.17, 15) is 9.59 Å². The molecular weight excluding hydrogens is 402 g/mol. The molecule has 1 aromatic carbocycles. The Labute approximate surface area is 183 Å². The monoisotopic (exact) mass is 433 g/mol. The third kappa shape index (κ3) is 5.58. The lowest BCUT2D eigenvalue weighted by atomic mass is 9.94. The van der Waals surface area contributed by atoms with Crippen molar-refractivity contribution in [1.29, 1.82) is 0 Å². The molecule has 8 heteroatoms. The van der Waals surface area contributed by atoms with Crippen molar-refractivity contribution in [3.63, 3.8) is 0 Å². The van der Waals surface area contributed by atoms with Crippen molar-refractivity contribution in [3.05, 3.63) is 41.1 Å². The van der Waals surface area contributed by atoms with Gasteiger partial charge in [0.2, 0.25) is 5.91 Å². The minimum atomic E-state index is -0.488. The number of hydrogen-bond acceptors (Lipinski definition) is 5. The normalized spacial score (nSPS) is 16.9. The number of nitrogens with zero attached hydrogens (tertiary/aromatic N) is 1. The number of methoxy groups -OCH3 is 1. The number of ether oxygens (including phenoxy) is 2. The van der Waals surface area contributed by atoms with E-state index in [1.807, 2.05) is 63.8 Å². The number of allylic oxidation sites excluding steroid dienone is 1. The highest BCUT2D eigenvalue weighted by Crippen LogP contribution is 2.32. The zero-order valence-electron chi connectivity index (χ0n) is 18.5. The molecule has 0 bridgehead atoms.